The van der Waals surface area contributed by atoms with Gasteiger partial charge in [-0.15, -0.1) is 0 Å². The van der Waals surface area contributed by atoms with Gasteiger partial charge < -0.3 is 0 Å². The molecule has 0 aliphatic carbocycles. The largest absolute Gasteiger partial charge is 0.268 e. The zero-order chi connectivity index (χ0) is 10.8. The molecule has 0 unspecified atom stereocenters. The van der Waals surface area contributed by atoms with E-state index in [0.717, 1.165) is 24.1 Å². The first-order valence-electron chi connectivity index (χ1n) is 5.01. The second-order valence-electron chi connectivity index (χ2n) is 3.49. The van der Waals surface area contributed by atoms with Gasteiger partial charge in [0.05, 0.1) is 10.1 Å². The van der Waals surface area contributed by atoms with E-state index in [9.17, 15) is 9.18 Å². The molecule has 0 saturated heterocycles. The van der Waals surface area contributed by atoms with Crippen molar-refractivity contribution in [3.63, 3.8) is 0 Å². The van der Waals surface area contributed by atoms with Gasteiger partial charge in [0.1, 0.15) is 5.82 Å². The van der Waals surface area contributed by atoms with Crippen molar-refractivity contribution in [2.75, 3.05) is 0 Å². The van der Waals surface area contributed by atoms with Crippen LogP contribution in [0.5, 0.6) is 0 Å². The zero-order valence-corrected chi connectivity index (χ0v) is 9.31. The standard InChI is InChI=1S/C11H12FNOS/c1-2-3-6-13-11(14)9-7-8(12)4-5-10(9)15-13/h4-5,7H,2-3,6H2,1H3. The van der Waals surface area contributed by atoms with E-state index in [-0.39, 0.29) is 11.4 Å². The van der Waals surface area contributed by atoms with Crippen LogP contribution in [0.1, 0.15) is 19.8 Å². The van der Waals surface area contributed by atoms with Crippen LogP contribution in [0.15, 0.2) is 23.0 Å². The number of halogens is 1. The second-order valence-corrected chi connectivity index (χ2v) is 4.56. The molecule has 0 atom stereocenters. The van der Waals surface area contributed by atoms with Gasteiger partial charge in [0, 0.05) is 6.54 Å². The molecule has 15 heavy (non-hydrogen) atoms. The molecule has 4 heteroatoms. The summed E-state index contributed by atoms with van der Waals surface area (Å²) in [6.45, 7) is 2.81. The Labute approximate surface area is 91.1 Å². The Morgan fingerprint density at radius 2 is 2.27 bits per heavy atom. The Kier molecular flexibility index (Phi) is 2.86. The van der Waals surface area contributed by atoms with Crippen LogP contribution in [-0.4, -0.2) is 3.96 Å². The van der Waals surface area contributed by atoms with Gasteiger partial charge in [0.15, 0.2) is 0 Å². The van der Waals surface area contributed by atoms with Crippen LogP contribution in [0, 0.1) is 5.82 Å². The Morgan fingerprint density at radius 1 is 1.47 bits per heavy atom. The zero-order valence-electron chi connectivity index (χ0n) is 8.50. The molecular weight excluding hydrogens is 213 g/mol. The van der Waals surface area contributed by atoms with Crippen molar-refractivity contribution in [3.8, 4) is 0 Å². The number of hydrogen-bond acceptors (Lipinski definition) is 2. The van der Waals surface area contributed by atoms with Crippen molar-refractivity contribution in [3.05, 3.63) is 34.4 Å². The molecule has 1 aromatic heterocycles. The lowest BCUT2D eigenvalue weighted by Crippen LogP contribution is -2.12. The van der Waals surface area contributed by atoms with Gasteiger partial charge in [-0.1, -0.05) is 24.9 Å². The Bertz CT molecular complexity index is 529. The number of nitrogens with zero attached hydrogens (tertiary/aromatic N) is 1. The third-order valence-corrected chi connectivity index (χ3v) is 3.44. The van der Waals surface area contributed by atoms with Gasteiger partial charge in [-0.25, -0.2) is 4.39 Å². The van der Waals surface area contributed by atoms with Crippen molar-refractivity contribution in [2.24, 2.45) is 0 Å². The molecule has 0 radical (unpaired) electrons. The maximum Gasteiger partial charge on any atom is 0.268 e. The molecule has 2 nitrogen and oxygen atoms in total. The molecular formula is C11H12FNOS. The van der Waals surface area contributed by atoms with E-state index in [4.69, 9.17) is 0 Å². The molecule has 0 saturated carbocycles. The van der Waals surface area contributed by atoms with Crippen molar-refractivity contribution in [2.45, 2.75) is 26.3 Å². The summed E-state index contributed by atoms with van der Waals surface area (Å²) in [6.07, 6.45) is 2.03. The topological polar surface area (TPSA) is 22.0 Å². The van der Waals surface area contributed by atoms with E-state index >= 15 is 0 Å². The second kappa shape index (κ2) is 4.14. The number of rotatable bonds is 3. The third kappa shape index (κ3) is 1.95. The Balaban J connectivity index is 2.50. The molecule has 80 valence electrons. The summed E-state index contributed by atoms with van der Waals surface area (Å²) in [5, 5.41) is 0.496. The lowest BCUT2D eigenvalue weighted by Gasteiger charge is -1.95. The molecule has 0 amide bonds. The quantitative estimate of drug-likeness (QED) is 0.787. The lowest BCUT2D eigenvalue weighted by atomic mass is 10.3. The van der Waals surface area contributed by atoms with Crippen LogP contribution in [0.2, 0.25) is 0 Å². The van der Waals surface area contributed by atoms with Gasteiger partial charge in [-0.3, -0.25) is 8.75 Å². The molecule has 0 N–H and O–H groups in total. The molecule has 2 rings (SSSR count). The van der Waals surface area contributed by atoms with Crippen LogP contribution in [-0.2, 0) is 6.54 Å². The lowest BCUT2D eigenvalue weighted by molar-refractivity contribution is 0.629. The average molecular weight is 225 g/mol. The predicted octanol–water partition coefficient (Wildman–Crippen LogP) is 3.00. The molecule has 2 aromatic rings. The Hall–Kier alpha value is -1.16. The highest BCUT2D eigenvalue weighted by molar-refractivity contribution is 7.13. The Morgan fingerprint density at radius 3 is 3.00 bits per heavy atom. The number of unbranched alkanes of at least 4 members (excludes halogenated alkanes) is 1. The van der Waals surface area contributed by atoms with E-state index in [1.54, 1.807) is 10.0 Å². The van der Waals surface area contributed by atoms with Crippen LogP contribution < -0.4 is 5.56 Å². The third-order valence-electron chi connectivity index (χ3n) is 2.32. The van der Waals surface area contributed by atoms with E-state index in [0.29, 0.717) is 5.39 Å². The summed E-state index contributed by atoms with van der Waals surface area (Å²) in [5.41, 5.74) is -0.0667. The predicted molar refractivity (Wildman–Crippen MR) is 61.0 cm³/mol. The van der Waals surface area contributed by atoms with Crippen molar-refractivity contribution in [1.82, 2.24) is 3.96 Å². The molecule has 0 fully saturated rings. The van der Waals surface area contributed by atoms with Crippen LogP contribution in [0.25, 0.3) is 10.1 Å². The fraction of sp³-hybridized carbons (Fsp3) is 0.364. The summed E-state index contributed by atoms with van der Waals surface area (Å²) < 4.78 is 15.5. The van der Waals surface area contributed by atoms with Gasteiger partial charge in [0.2, 0.25) is 0 Å². The number of aromatic nitrogens is 1. The minimum absolute atomic E-state index is 0.0667. The first-order valence-corrected chi connectivity index (χ1v) is 5.79. The first-order chi connectivity index (χ1) is 7.22. The molecule has 0 aliphatic rings. The van der Waals surface area contributed by atoms with E-state index in [1.807, 2.05) is 0 Å². The summed E-state index contributed by atoms with van der Waals surface area (Å²) in [5.74, 6) is -0.347. The minimum Gasteiger partial charge on any atom is -0.268 e. The van der Waals surface area contributed by atoms with Gasteiger partial charge in [0.25, 0.3) is 5.56 Å². The monoisotopic (exact) mass is 225 g/mol. The maximum atomic E-state index is 12.9. The van der Waals surface area contributed by atoms with E-state index in [1.165, 1.54) is 23.7 Å². The first kappa shape index (κ1) is 10.4. The number of fused-ring (bicyclic) bond motifs is 1. The van der Waals surface area contributed by atoms with Crippen molar-refractivity contribution in [1.29, 1.82) is 0 Å². The summed E-state index contributed by atoms with van der Waals surface area (Å²) in [7, 11) is 0. The SMILES string of the molecule is CCCCn1sc2ccc(F)cc2c1=O. The molecule has 1 aromatic carbocycles. The molecule has 1 heterocycles. The molecule has 0 bridgehead atoms. The number of benzene rings is 1. The summed E-state index contributed by atoms with van der Waals surface area (Å²) in [6, 6.07) is 4.37. The van der Waals surface area contributed by atoms with Gasteiger partial charge in [-0.05, 0) is 24.6 Å². The fourth-order valence-corrected chi connectivity index (χ4v) is 2.50. The highest BCUT2D eigenvalue weighted by Gasteiger charge is 2.07. The maximum absolute atomic E-state index is 12.9. The summed E-state index contributed by atoms with van der Waals surface area (Å²) in [4.78, 5) is 11.8. The summed E-state index contributed by atoms with van der Waals surface area (Å²) >= 11 is 1.41. The van der Waals surface area contributed by atoms with Crippen molar-refractivity contribution < 1.29 is 4.39 Å². The van der Waals surface area contributed by atoms with Gasteiger partial charge in [-0.2, -0.15) is 0 Å². The van der Waals surface area contributed by atoms with Crippen molar-refractivity contribution >= 4 is 21.6 Å². The number of hydrogen-bond donors (Lipinski definition) is 0. The van der Waals surface area contributed by atoms with Crippen LogP contribution >= 0.6 is 11.5 Å². The highest BCUT2D eigenvalue weighted by atomic mass is 32.1. The number of aryl methyl sites for hydroxylation is 1. The van der Waals surface area contributed by atoms with E-state index < -0.39 is 0 Å². The van der Waals surface area contributed by atoms with Gasteiger partial charge >= 0.3 is 0 Å². The van der Waals surface area contributed by atoms with Crippen LogP contribution in [0.4, 0.5) is 4.39 Å². The molecule has 0 spiro atoms. The molecule has 0 aliphatic heterocycles. The average Bonchev–Trinajstić information content (AvgIpc) is 2.53. The van der Waals surface area contributed by atoms with Crippen LogP contribution in [0.3, 0.4) is 0 Å². The minimum atomic E-state index is -0.347. The van der Waals surface area contributed by atoms with E-state index in [2.05, 4.69) is 6.92 Å². The highest BCUT2D eigenvalue weighted by Crippen LogP contribution is 2.17. The fourth-order valence-electron chi connectivity index (χ4n) is 1.49. The normalized spacial score (nSPS) is 11.1. The smallest absolute Gasteiger partial charge is 0.268 e.